The van der Waals surface area contributed by atoms with Crippen molar-refractivity contribution in [2.45, 2.75) is 46.0 Å². The Labute approximate surface area is 151 Å². The average molecular weight is 358 g/mol. The molecular weight excluding hydrogens is 331 g/mol. The van der Waals surface area contributed by atoms with Gasteiger partial charge in [-0.05, 0) is 43.5 Å². The Morgan fingerprint density at radius 2 is 1.40 bits per heavy atom. The quantitative estimate of drug-likeness (QED) is 0.332. The highest BCUT2D eigenvalue weighted by Crippen LogP contribution is 2.51. The Bertz CT molecular complexity index is 650. The van der Waals surface area contributed by atoms with Crippen molar-refractivity contribution in [3.63, 3.8) is 0 Å². The molecule has 0 aliphatic carbocycles. The lowest BCUT2D eigenvalue weighted by molar-refractivity contribution is 0.397. The molecule has 0 atom stereocenters. The van der Waals surface area contributed by atoms with Crippen LogP contribution in [0.1, 0.15) is 46.0 Å². The molecule has 25 heavy (non-hydrogen) atoms. The highest BCUT2D eigenvalue weighted by atomic mass is 31.2. The Hall–Kier alpha value is -1.99. The molecule has 0 spiro atoms. The van der Waals surface area contributed by atoms with Crippen molar-refractivity contribution in [3.05, 3.63) is 72.1 Å². The van der Waals surface area contributed by atoms with E-state index in [1.165, 1.54) is 6.42 Å². The van der Waals surface area contributed by atoms with Crippen molar-refractivity contribution >= 4 is 7.60 Å². The van der Waals surface area contributed by atoms with Crippen LogP contribution in [-0.4, -0.2) is 0 Å². The Morgan fingerprint density at radius 3 is 1.84 bits per heavy atom. The summed E-state index contributed by atoms with van der Waals surface area (Å²) in [5, 5.41) is 0. The summed E-state index contributed by atoms with van der Waals surface area (Å²) in [5.74, 6) is 2.80. The maximum Gasteiger partial charge on any atom is 0.455 e. The first-order valence-corrected chi connectivity index (χ1v) is 10.6. The van der Waals surface area contributed by atoms with Crippen molar-refractivity contribution < 1.29 is 13.6 Å². The minimum absolute atomic E-state index is 0.544. The molecule has 0 aliphatic rings. The molecule has 0 aromatic heterocycles. The van der Waals surface area contributed by atoms with Gasteiger partial charge in [-0.1, -0.05) is 68.7 Å². The fourth-order valence-electron chi connectivity index (χ4n) is 2.49. The predicted octanol–water partition coefficient (Wildman–Crippen LogP) is 7.21. The lowest BCUT2D eigenvalue weighted by Gasteiger charge is -2.18. The van der Waals surface area contributed by atoms with Gasteiger partial charge in [-0.3, -0.25) is 0 Å². The van der Waals surface area contributed by atoms with Crippen molar-refractivity contribution in [2.24, 2.45) is 0 Å². The first-order valence-electron chi connectivity index (χ1n) is 8.95. The second-order valence-electron chi connectivity index (χ2n) is 5.95. The average Bonchev–Trinajstić information content (AvgIpc) is 2.62. The van der Waals surface area contributed by atoms with Crippen LogP contribution in [0.3, 0.4) is 0 Å². The molecule has 2 aromatic rings. The van der Waals surface area contributed by atoms with Crippen LogP contribution in [-0.2, 0) is 4.57 Å². The van der Waals surface area contributed by atoms with E-state index < -0.39 is 7.60 Å². The first kappa shape index (κ1) is 19.3. The third-order valence-corrected chi connectivity index (χ3v) is 5.46. The molecule has 0 bridgehead atoms. The number of unbranched alkanes of at least 4 members (excludes halogenated alkanes) is 2. The summed E-state index contributed by atoms with van der Waals surface area (Å²) in [5.41, 5.74) is 1.11. The van der Waals surface area contributed by atoms with Crippen LogP contribution in [0.2, 0.25) is 0 Å². The van der Waals surface area contributed by atoms with E-state index in [9.17, 15) is 4.57 Å². The van der Waals surface area contributed by atoms with E-state index >= 15 is 0 Å². The van der Waals surface area contributed by atoms with E-state index in [0.717, 1.165) is 31.3 Å². The van der Waals surface area contributed by atoms with Crippen molar-refractivity contribution in [1.82, 2.24) is 0 Å². The molecular formula is C21H27O3P. The van der Waals surface area contributed by atoms with E-state index in [-0.39, 0.29) is 0 Å². The van der Waals surface area contributed by atoms with E-state index in [2.05, 4.69) is 13.8 Å². The zero-order valence-electron chi connectivity index (χ0n) is 15.1. The van der Waals surface area contributed by atoms with Gasteiger partial charge in [-0.2, -0.15) is 0 Å². The van der Waals surface area contributed by atoms with Crippen LogP contribution in [0.4, 0.5) is 0 Å². The molecule has 0 N–H and O–H groups in total. The van der Waals surface area contributed by atoms with Gasteiger partial charge < -0.3 is 9.05 Å². The van der Waals surface area contributed by atoms with Gasteiger partial charge in [-0.15, -0.1) is 0 Å². The fraction of sp³-hybridized carbons (Fsp3) is 0.333. The second-order valence-corrected chi connectivity index (χ2v) is 7.65. The smallest absolute Gasteiger partial charge is 0.413 e. The van der Waals surface area contributed by atoms with Crippen LogP contribution in [0.15, 0.2) is 72.1 Å². The summed E-state index contributed by atoms with van der Waals surface area (Å²) in [6.07, 6.45) is 5.18. The summed E-state index contributed by atoms with van der Waals surface area (Å²) in [7, 11) is -3.45. The van der Waals surface area contributed by atoms with E-state index in [4.69, 9.17) is 9.05 Å². The normalized spacial score (nSPS) is 12.0. The maximum absolute atomic E-state index is 13.4. The maximum atomic E-state index is 13.4. The molecule has 0 amide bonds. The summed E-state index contributed by atoms with van der Waals surface area (Å²) >= 11 is 0. The lowest BCUT2D eigenvalue weighted by atomic mass is 10.1. The van der Waals surface area contributed by atoms with E-state index in [1.807, 2.05) is 36.4 Å². The first-order chi connectivity index (χ1) is 12.1. The topological polar surface area (TPSA) is 35.5 Å². The summed E-state index contributed by atoms with van der Waals surface area (Å²) in [6.45, 7) is 4.25. The molecule has 4 heteroatoms. The molecule has 2 aromatic carbocycles. The molecule has 0 unspecified atom stereocenters. The van der Waals surface area contributed by atoms with Crippen molar-refractivity contribution in [3.8, 4) is 11.5 Å². The van der Waals surface area contributed by atoms with Gasteiger partial charge in [0, 0.05) is 0 Å². The van der Waals surface area contributed by atoms with E-state index in [1.54, 1.807) is 30.1 Å². The van der Waals surface area contributed by atoms with Crippen LogP contribution < -0.4 is 9.05 Å². The molecule has 0 saturated heterocycles. The van der Waals surface area contributed by atoms with E-state index in [0.29, 0.717) is 11.5 Å². The Morgan fingerprint density at radius 1 is 0.880 bits per heavy atom. The van der Waals surface area contributed by atoms with Gasteiger partial charge in [0.1, 0.15) is 11.5 Å². The van der Waals surface area contributed by atoms with Gasteiger partial charge in [-0.25, -0.2) is 4.57 Å². The third kappa shape index (κ3) is 6.80. The fourth-order valence-corrected chi connectivity index (χ4v) is 4.22. The lowest BCUT2D eigenvalue weighted by Crippen LogP contribution is -2.00. The molecule has 134 valence electrons. The minimum atomic E-state index is -3.45. The predicted molar refractivity (Wildman–Crippen MR) is 104 cm³/mol. The highest BCUT2D eigenvalue weighted by molar-refractivity contribution is 7.58. The van der Waals surface area contributed by atoms with Crippen LogP contribution in [0, 0.1) is 0 Å². The van der Waals surface area contributed by atoms with Gasteiger partial charge in [0.05, 0.1) is 5.82 Å². The third-order valence-electron chi connectivity index (χ3n) is 3.85. The molecule has 0 heterocycles. The van der Waals surface area contributed by atoms with Gasteiger partial charge in [0.25, 0.3) is 0 Å². The molecule has 0 aliphatic heterocycles. The Balaban J connectivity index is 2.25. The zero-order chi connectivity index (χ0) is 18.0. The number of para-hydroxylation sites is 2. The number of hydrogen-bond acceptors (Lipinski definition) is 3. The van der Waals surface area contributed by atoms with Gasteiger partial charge in [0.15, 0.2) is 0 Å². The molecule has 0 fully saturated rings. The number of benzene rings is 2. The standard InChI is InChI=1S/C21H27O3P/c1-3-5-8-13-19(4-2)18-25(22,23-20-14-9-6-10-15-20)24-21-16-11-7-12-17-21/h6-7,9-12,14-18H,3-5,8,13H2,1-2H3. The summed E-state index contributed by atoms with van der Waals surface area (Å²) in [6, 6.07) is 18.4. The van der Waals surface area contributed by atoms with Crippen LogP contribution >= 0.6 is 7.60 Å². The van der Waals surface area contributed by atoms with Crippen molar-refractivity contribution in [2.75, 3.05) is 0 Å². The highest BCUT2D eigenvalue weighted by Gasteiger charge is 2.26. The molecule has 2 rings (SSSR count). The second kappa shape index (κ2) is 10.1. The molecule has 3 nitrogen and oxygen atoms in total. The molecule has 0 radical (unpaired) electrons. The number of rotatable bonds is 10. The summed E-state index contributed by atoms with van der Waals surface area (Å²) in [4.78, 5) is 0. The van der Waals surface area contributed by atoms with Gasteiger partial charge >= 0.3 is 7.60 Å². The Kier molecular flexibility index (Phi) is 7.81. The molecule has 0 saturated carbocycles. The summed E-state index contributed by atoms with van der Waals surface area (Å²) < 4.78 is 25.0. The van der Waals surface area contributed by atoms with Crippen LogP contribution in [0.25, 0.3) is 0 Å². The number of hydrogen-bond donors (Lipinski definition) is 0. The van der Waals surface area contributed by atoms with Crippen LogP contribution in [0.5, 0.6) is 11.5 Å². The largest absolute Gasteiger partial charge is 0.455 e. The number of allylic oxidation sites excluding steroid dienone is 1. The van der Waals surface area contributed by atoms with Crippen molar-refractivity contribution in [1.29, 1.82) is 0 Å². The zero-order valence-corrected chi connectivity index (χ0v) is 16.0. The minimum Gasteiger partial charge on any atom is -0.413 e. The monoisotopic (exact) mass is 358 g/mol. The SMILES string of the molecule is CCCCCC(=CP(=O)(Oc1ccccc1)Oc1ccccc1)CC. The van der Waals surface area contributed by atoms with Gasteiger partial charge in [0.2, 0.25) is 0 Å².